The molecule has 1 aromatic carbocycles. The van der Waals surface area contributed by atoms with Crippen molar-refractivity contribution < 1.29 is 8.42 Å². The van der Waals surface area contributed by atoms with E-state index in [0.29, 0.717) is 51.1 Å². The highest BCUT2D eigenvalue weighted by atomic mass is 35.5. The molecular formula is C21H22ClN5O2S. The van der Waals surface area contributed by atoms with Crippen LogP contribution in [-0.2, 0) is 14.9 Å². The molecule has 0 aliphatic heterocycles. The largest absolute Gasteiger partial charge is 0.396 e. The summed E-state index contributed by atoms with van der Waals surface area (Å²) in [6, 6.07) is 5.79. The van der Waals surface area contributed by atoms with Crippen molar-refractivity contribution in [2.24, 2.45) is 5.14 Å². The number of nitrogens with zero attached hydrogens (tertiary/aromatic N) is 3. The predicted octanol–water partition coefficient (Wildman–Crippen LogP) is 4.02. The number of hydrogen-bond donors (Lipinski definition) is 2. The first-order valence-electron chi connectivity index (χ1n) is 9.67. The number of nitriles is 1. The number of primary sulfonamides is 1. The third kappa shape index (κ3) is 3.05. The van der Waals surface area contributed by atoms with Crippen LogP contribution in [0.2, 0.25) is 5.02 Å². The molecule has 1 fully saturated rings. The van der Waals surface area contributed by atoms with Gasteiger partial charge in [0.1, 0.15) is 0 Å². The van der Waals surface area contributed by atoms with E-state index in [-0.39, 0.29) is 0 Å². The van der Waals surface area contributed by atoms with Gasteiger partial charge in [-0.1, -0.05) is 18.0 Å². The van der Waals surface area contributed by atoms with Crippen LogP contribution >= 0.6 is 11.6 Å². The van der Waals surface area contributed by atoms with Gasteiger partial charge in [-0.15, -0.1) is 0 Å². The van der Waals surface area contributed by atoms with Gasteiger partial charge in [-0.25, -0.2) is 13.6 Å². The Morgan fingerprint density at radius 1 is 1.20 bits per heavy atom. The second-order valence-corrected chi connectivity index (χ2v) is 10.1. The van der Waals surface area contributed by atoms with E-state index in [1.165, 1.54) is 6.20 Å². The topological polar surface area (TPSA) is 128 Å². The minimum Gasteiger partial charge on any atom is -0.396 e. The van der Waals surface area contributed by atoms with Crippen LogP contribution in [0.25, 0.3) is 22.0 Å². The van der Waals surface area contributed by atoms with Crippen LogP contribution in [0.4, 0.5) is 5.69 Å². The number of aryl methyl sites for hydroxylation is 1. The van der Waals surface area contributed by atoms with Crippen molar-refractivity contribution in [3.8, 4) is 17.2 Å². The third-order valence-corrected chi connectivity index (χ3v) is 8.16. The Kier molecular flexibility index (Phi) is 5.01. The van der Waals surface area contributed by atoms with Gasteiger partial charge < -0.3 is 10.3 Å². The average molecular weight is 444 g/mol. The fraction of sp³-hybridized carbons (Fsp3) is 0.333. The minimum absolute atomic E-state index is 0.321. The van der Waals surface area contributed by atoms with Gasteiger partial charge in [-0.3, -0.25) is 4.98 Å². The highest BCUT2D eigenvalue weighted by Gasteiger charge is 2.45. The lowest BCUT2D eigenvalue weighted by atomic mass is 9.94. The molecule has 0 unspecified atom stereocenters. The van der Waals surface area contributed by atoms with Crippen molar-refractivity contribution in [2.75, 3.05) is 5.73 Å². The van der Waals surface area contributed by atoms with Crippen LogP contribution in [0, 0.1) is 18.3 Å². The minimum atomic E-state index is -3.92. The normalized spacial score (nSPS) is 16.5. The molecule has 30 heavy (non-hydrogen) atoms. The maximum absolute atomic E-state index is 12.9. The Morgan fingerprint density at radius 3 is 2.53 bits per heavy atom. The SMILES string of the molecule is Cc1cc2c(cc1C#N)c(-c1cncc(N)c1Cl)cn2C1(S(N)(=O)=O)CCCCC1. The second-order valence-electron chi connectivity index (χ2n) is 7.85. The molecule has 7 nitrogen and oxygen atoms in total. The third-order valence-electron chi connectivity index (χ3n) is 6.07. The zero-order valence-electron chi connectivity index (χ0n) is 16.5. The average Bonchev–Trinajstić information content (AvgIpc) is 3.07. The number of aromatic nitrogens is 2. The summed E-state index contributed by atoms with van der Waals surface area (Å²) < 4.78 is 27.5. The van der Waals surface area contributed by atoms with E-state index in [4.69, 9.17) is 22.5 Å². The first-order valence-corrected chi connectivity index (χ1v) is 11.6. The standard InChI is InChI=1S/C21H22ClN5O2S/c1-13-7-19-15(8-14(13)9-23)17(16-10-26-11-18(24)20(16)22)12-27(19)21(30(25,28)29)5-3-2-4-6-21/h7-8,10-12H,2-6,24H2,1H3,(H2,25,28,29). The van der Waals surface area contributed by atoms with Gasteiger partial charge in [-0.05, 0) is 50.3 Å². The van der Waals surface area contributed by atoms with E-state index in [1.807, 2.05) is 13.0 Å². The van der Waals surface area contributed by atoms with Crippen molar-refractivity contribution in [3.63, 3.8) is 0 Å². The molecule has 3 aromatic rings. The monoisotopic (exact) mass is 443 g/mol. The van der Waals surface area contributed by atoms with Gasteiger partial charge >= 0.3 is 0 Å². The quantitative estimate of drug-likeness (QED) is 0.631. The first-order chi connectivity index (χ1) is 14.2. The van der Waals surface area contributed by atoms with E-state index in [1.54, 1.807) is 23.0 Å². The molecule has 0 radical (unpaired) electrons. The fourth-order valence-electron chi connectivity index (χ4n) is 4.46. The molecule has 1 aliphatic rings. The van der Waals surface area contributed by atoms with Crippen molar-refractivity contribution in [2.45, 2.75) is 43.9 Å². The number of benzene rings is 1. The van der Waals surface area contributed by atoms with Gasteiger partial charge in [-0.2, -0.15) is 5.26 Å². The summed E-state index contributed by atoms with van der Waals surface area (Å²) in [6.07, 6.45) is 8.17. The fourth-order valence-corrected chi connectivity index (χ4v) is 5.95. The Labute approximate surface area is 180 Å². The number of halogens is 1. The lowest BCUT2D eigenvalue weighted by Gasteiger charge is -2.37. The van der Waals surface area contributed by atoms with Crippen LogP contribution in [0.15, 0.2) is 30.7 Å². The van der Waals surface area contributed by atoms with Crippen LogP contribution < -0.4 is 10.9 Å². The summed E-state index contributed by atoms with van der Waals surface area (Å²) in [6.45, 7) is 1.83. The summed E-state index contributed by atoms with van der Waals surface area (Å²) in [5.41, 5.74) is 9.47. The molecule has 2 aromatic heterocycles. The number of nitrogen functional groups attached to an aromatic ring is 1. The first kappa shape index (κ1) is 20.7. The second kappa shape index (κ2) is 7.27. The maximum atomic E-state index is 12.9. The number of fused-ring (bicyclic) bond motifs is 1. The van der Waals surface area contributed by atoms with E-state index in [9.17, 15) is 13.7 Å². The predicted molar refractivity (Wildman–Crippen MR) is 118 cm³/mol. The van der Waals surface area contributed by atoms with Crippen molar-refractivity contribution in [3.05, 3.63) is 46.9 Å². The number of pyridine rings is 1. The number of sulfonamides is 1. The molecule has 1 saturated carbocycles. The molecule has 4 N–H and O–H groups in total. The molecular weight excluding hydrogens is 422 g/mol. The van der Waals surface area contributed by atoms with E-state index >= 15 is 0 Å². The van der Waals surface area contributed by atoms with Crippen molar-refractivity contribution >= 4 is 38.2 Å². The van der Waals surface area contributed by atoms with Crippen LogP contribution in [0.5, 0.6) is 0 Å². The zero-order valence-corrected chi connectivity index (χ0v) is 18.1. The molecule has 1 aliphatic carbocycles. The molecule has 9 heteroatoms. The van der Waals surface area contributed by atoms with Crippen LogP contribution in [0.1, 0.15) is 43.2 Å². The Balaban J connectivity index is 2.13. The lowest BCUT2D eigenvalue weighted by Crippen LogP contribution is -2.47. The Hall–Kier alpha value is -2.60. The van der Waals surface area contributed by atoms with Gasteiger partial charge in [0.05, 0.1) is 34.1 Å². The highest BCUT2D eigenvalue weighted by molar-refractivity contribution is 7.89. The Bertz CT molecular complexity index is 1300. The summed E-state index contributed by atoms with van der Waals surface area (Å²) in [5.74, 6) is 0. The number of nitrogens with two attached hydrogens (primary N) is 2. The maximum Gasteiger partial charge on any atom is 0.233 e. The van der Waals surface area contributed by atoms with Crippen LogP contribution in [0.3, 0.4) is 0 Å². The molecule has 0 amide bonds. The lowest BCUT2D eigenvalue weighted by molar-refractivity contribution is 0.296. The summed E-state index contributed by atoms with van der Waals surface area (Å²) in [7, 11) is -3.92. The van der Waals surface area contributed by atoms with Gasteiger partial charge in [0, 0.05) is 28.9 Å². The number of hydrogen-bond acceptors (Lipinski definition) is 5. The Morgan fingerprint density at radius 2 is 1.90 bits per heavy atom. The molecule has 2 heterocycles. The van der Waals surface area contributed by atoms with Crippen molar-refractivity contribution in [1.82, 2.24) is 9.55 Å². The highest BCUT2D eigenvalue weighted by Crippen LogP contribution is 2.45. The van der Waals surface area contributed by atoms with E-state index in [0.717, 1.165) is 24.8 Å². The molecule has 0 bridgehead atoms. The molecule has 0 spiro atoms. The van der Waals surface area contributed by atoms with Gasteiger partial charge in [0.25, 0.3) is 0 Å². The number of rotatable bonds is 3. The molecule has 156 valence electrons. The van der Waals surface area contributed by atoms with E-state index in [2.05, 4.69) is 11.1 Å². The smallest absolute Gasteiger partial charge is 0.233 e. The summed E-state index contributed by atoms with van der Waals surface area (Å²) in [5, 5.41) is 16.4. The van der Waals surface area contributed by atoms with E-state index < -0.39 is 14.9 Å². The molecule has 0 atom stereocenters. The van der Waals surface area contributed by atoms with Crippen LogP contribution in [-0.4, -0.2) is 18.0 Å². The van der Waals surface area contributed by atoms with Gasteiger partial charge in [0.15, 0.2) is 4.87 Å². The zero-order chi connectivity index (χ0) is 21.7. The molecule has 4 rings (SSSR count). The van der Waals surface area contributed by atoms with Gasteiger partial charge in [0.2, 0.25) is 10.0 Å². The molecule has 0 saturated heterocycles. The summed E-state index contributed by atoms with van der Waals surface area (Å²) >= 11 is 6.47. The number of anilines is 1. The van der Waals surface area contributed by atoms with Crippen molar-refractivity contribution in [1.29, 1.82) is 5.26 Å². The summed E-state index contributed by atoms with van der Waals surface area (Å²) in [4.78, 5) is 2.90.